The first-order valence-corrected chi connectivity index (χ1v) is 9.13. The molecule has 3 heterocycles. The highest BCUT2D eigenvalue weighted by Crippen LogP contribution is 2.22. The summed E-state index contributed by atoms with van der Waals surface area (Å²) in [6.07, 6.45) is -0.462. The number of carbonyl (C=O) groups excluding carboxylic acids is 2. The summed E-state index contributed by atoms with van der Waals surface area (Å²) in [5.74, 6) is 0.209. The van der Waals surface area contributed by atoms with Crippen molar-refractivity contribution >= 4 is 28.5 Å². The number of amides is 2. The van der Waals surface area contributed by atoms with Crippen LogP contribution in [0.4, 0.5) is 9.93 Å². The minimum atomic E-state index is -0.338. The number of rotatable bonds is 5. The molecule has 0 atom stereocenters. The zero-order valence-corrected chi connectivity index (χ0v) is 15.6. The van der Waals surface area contributed by atoms with E-state index in [4.69, 9.17) is 9.47 Å². The fourth-order valence-electron chi connectivity index (χ4n) is 2.46. The van der Waals surface area contributed by atoms with Crippen molar-refractivity contribution in [1.29, 1.82) is 0 Å². The van der Waals surface area contributed by atoms with Gasteiger partial charge in [0.25, 0.3) is 5.91 Å². The summed E-state index contributed by atoms with van der Waals surface area (Å²) in [5.41, 5.74) is 1.78. The quantitative estimate of drug-likeness (QED) is 0.862. The Morgan fingerprint density at radius 2 is 2.04 bits per heavy atom. The number of anilines is 1. The smallest absolute Gasteiger partial charge is 0.410 e. The van der Waals surface area contributed by atoms with E-state index in [-0.39, 0.29) is 23.8 Å². The molecule has 1 aliphatic rings. The summed E-state index contributed by atoms with van der Waals surface area (Å²) in [6, 6.07) is 3.35. The molecule has 1 saturated heterocycles. The molecule has 9 heteroatoms. The highest BCUT2D eigenvalue weighted by molar-refractivity contribution is 7.13. The van der Waals surface area contributed by atoms with Gasteiger partial charge >= 0.3 is 6.09 Å². The number of hydrogen-bond donors (Lipinski definition) is 1. The summed E-state index contributed by atoms with van der Waals surface area (Å²) in [6.45, 7) is 6.69. The van der Waals surface area contributed by atoms with Crippen LogP contribution in [0.5, 0.6) is 5.75 Å². The summed E-state index contributed by atoms with van der Waals surface area (Å²) >= 11 is 1.36. The van der Waals surface area contributed by atoms with E-state index in [2.05, 4.69) is 15.3 Å². The van der Waals surface area contributed by atoms with Crippen LogP contribution in [0.3, 0.4) is 0 Å². The van der Waals surface area contributed by atoms with Crippen molar-refractivity contribution in [3.63, 3.8) is 0 Å². The lowest BCUT2D eigenvalue weighted by molar-refractivity contribution is 0.0126. The third kappa shape index (κ3) is 4.29. The summed E-state index contributed by atoms with van der Waals surface area (Å²) < 4.78 is 10.8. The van der Waals surface area contributed by atoms with E-state index in [1.807, 2.05) is 12.3 Å². The predicted molar refractivity (Wildman–Crippen MR) is 96.8 cm³/mol. The van der Waals surface area contributed by atoms with Crippen LogP contribution in [-0.2, 0) is 4.74 Å². The number of aryl methyl sites for hydroxylation is 2. The average Bonchev–Trinajstić information content (AvgIpc) is 2.95. The van der Waals surface area contributed by atoms with E-state index in [1.165, 1.54) is 11.3 Å². The minimum absolute atomic E-state index is 0.126. The van der Waals surface area contributed by atoms with Crippen LogP contribution in [0, 0.1) is 13.8 Å². The summed E-state index contributed by atoms with van der Waals surface area (Å²) in [5, 5.41) is 5.12. The lowest BCUT2D eigenvalue weighted by Gasteiger charge is -2.37. The van der Waals surface area contributed by atoms with Crippen molar-refractivity contribution in [3.05, 3.63) is 34.6 Å². The fourth-order valence-corrected chi connectivity index (χ4v) is 3.15. The molecule has 2 aromatic rings. The fraction of sp³-hybridized carbons (Fsp3) is 0.412. The summed E-state index contributed by atoms with van der Waals surface area (Å²) in [4.78, 5) is 34.0. The Morgan fingerprint density at radius 3 is 2.69 bits per heavy atom. The van der Waals surface area contributed by atoms with Crippen LogP contribution in [-0.4, -0.2) is 52.7 Å². The molecule has 0 unspecified atom stereocenters. The molecule has 0 spiro atoms. The Morgan fingerprint density at radius 1 is 1.27 bits per heavy atom. The molecule has 1 N–H and O–H groups in total. The van der Waals surface area contributed by atoms with Gasteiger partial charge in [0.05, 0.1) is 25.4 Å². The topological polar surface area (TPSA) is 93.6 Å². The van der Waals surface area contributed by atoms with Crippen LogP contribution in [0.25, 0.3) is 0 Å². The second-order valence-electron chi connectivity index (χ2n) is 5.92. The Bertz CT molecular complexity index is 817. The molecule has 0 saturated carbocycles. The molecule has 2 aromatic heterocycles. The third-order valence-corrected chi connectivity index (χ3v) is 4.55. The van der Waals surface area contributed by atoms with Crippen molar-refractivity contribution in [3.8, 4) is 5.75 Å². The van der Waals surface area contributed by atoms with Crippen LogP contribution in [0.1, 0.15) is 28.8 Å². The van der Waals surface area contributed by atoms with Crippen LogP contribution in [0.2, 0.25) is 0 Å². The molecule has 1 aliphatic heterocycles. The van der Waals surface area contributed by atoms with Gasteiger partial charge in [-0.2, -0.15) is 0 Å². The Kier molecular flexibility index (Phi) is 5.36. The van der Waals surface area contributed by atoms with Crippen molar-refractivity contribution in [2.75, 3.05) is 25.0 Å². The molecule has 26 heavy (non-hydrogen) atoms. The average molecular weight is 376 g/mol. The summed E-state index contributed by atoms with van der Waals surface area (Å²) in [7, 11) is 0. The zero-order chi connectivity index (χ0) is 18.7. The van der Waals surface area contributed by atoms with Crippen LogP contribution >= 0.6 is 11.3 Å². The zero-order valence-electron chi connectivity index (χ0n) is 14.8. The second kappa shape index (κ2) is 7.69. The van der Waals surface area contributed by atoms with E-state index in [9.17, 15) is 9.59 Å². The number of aromatic nitrogens is 2. The number of hydrogen-bond acceptors (Lipinski definition) is 7. The molecule has 2 amide bonds. The van der Waals surface area contributed by atoms with Gasteiger partial charge in [-0.3, -0.25) is 10.1 Å². The largest absolute Gasteiger partial charge is 0.487 e. The number of pyridine rings is 1. The SMILES string of the molecule is CCOC(=O)N1CC(Oc2cc(C)nc(C(=O)Nc3nc(C)cs3)c2)C1. The molecule has 8 nitrogen and oxygen atoms in total. The van der Waals surface area contributed by atoms with Crippen molar-refractivity contribution in [2.45, 2.75) is 26.9 Å². The molecule has 0 aromatic carbocycles. The number of nitrogens with zero attached hydrogens (tertiary/aromatic N) is 3. The first kappa shape index (κ1) is 18.1. The minimum Gasteiger partial charge on any atom is -0.487 e. The normalized spacial score (nSPS) is 13.9. The van der Waals surface area contributed by atoms with Crippen LogP contribution < -0.4 is 10.1 Å². The van der Waals surface area contributed by atoms with Gasteiger partial charge in [0.1, 0.15) is 17.5 Å². The maximum absolute atomic E-state index is 12.4. The monoisotopic (exact) mass is 376 g/mol. The van der Waals surface area contributed by atoms with E-state index < -0.39 is 0 Å². The molecule has 3 rings (SSSR count). The Balaban J connectivity index is 1.61. The lowest BCUT2D eigenvalue weighted by atomic mass is 10.2. The van der Waals surface area contributed by atoms with Gasteiger partial charge in [0.15, 0.2) is 5.13 Å². The Hall–Kier alpha value is -2.68. The van der Waals surface area contributed by atoms with Crippen molar-refractivity contribution in [2.24, 2.45) is 0 Å². The second-order valence-corrected chi connectivity index (χ2v) is 6.78. The van der Waals surface area contributed by atoms with Gasteiger partial charge in [0.2, 0.25) is 0 Å². The standard InChI is InChI=1S/C17H20N4O4S/c1-4-24-17(23)21-7-13(8-21)25-12-5-10(2)18-14(6-12)15(22)20-16-19-11(3)9-26-16/h5-6,9,13H,4,7-8H2,1-3H3,(H,19,20,22). The highest BCUT2D eigenvalue weighted by atomic mass is 32.1. The van der Waals surface area contributed by atoms with Gasteiger partial charge in [-0.15, -0.1) is 11.3 Å². The first-order chi connectivity index (χ1) is 12.4. The molecule has 0 bridgehead atoms. The number of thiazole rings is 1. The molecular formula is C17H20N4O4S. The van der Waals surface area contributed by atoms with Crippen LogP contribution in [0.15, 0.2) is 17.5 Å². The number of ether oxygens (including phenoxy) is 2. The molecule has 138 valence electrons. The van der Waals surface area contributed by atoms with E-state index >= 15 is 0 Å². The number of nitrogens with one attached hydrogen (secondary N) is 1. The highest BCUT2D eigenvalue weighted by Gasteiger charge is 2.33. The van der Waals surface area contributed by atoms with Gasteiger partial charge in [-0.05, 0) is 20.8 Å². The predicted octanol–water partition coefficient (Wildman–Crippen LogP) is 2.63. The van der Waals surface area contributed by atoms with E-state index in [0.29, 0.717) is 36.3 Å². The van der Waals surface area contributed by atoms with E-state index in [1.54, 1.807) is 30.9 Å². The molecule has 0 radical (unpaired) electrons. The maximum atomic E-state index is 12.4. The van der Waals surface area contributed by atoms with Gasteiger partial charge < -0.3 is 14.4 Å². The molecule has 0 aliphatic carbocycles. The molecule has 1 fully saturated rings. The molecular weight excluding hydrogens is 356 g/mol. The van der Waals surface area contributed by atoms with Gasteiger partial charge in [-0.25, -0.2) is 14.8 Å². The van der Waals surface area contributed by atoms with Crippen molar-refractivity contribution in [1.82, 2.24) is 14.9 Å². The number of likely N-dealkylation sites (tertiary alicyclic amines) is 1. The Labute approximate surface area is 155 Å². The number of carbonyl (C=O) groups is 2. The van der Waals surface area contributed by atoms with Crippen molar-refractivity contribution < 1.29 is 19.1 Å². The van der Waals surface area contributed by atoms with Gasteiger partial charge in [-0.1, -0.05) is 0 Å². The third-order valence-electron chi connectivity index (χ3n) is 3.68. The van der Waals surface area contributed by atoms with E-state index in [0.717, 1.165) is 5.69 Å². The maximum Gasteiger partial charge on any atom is 0.410 e. The van der Waals surface area contributed by atoms with Gasteiger partial charge in [0, 0.05) is 23.2 Å². The lowest BCUT2D eigenvalue weighted by Crippen LogP contribution is -2.56. The first-order valence-electron chi connectivity index (χ1n) is 8.25.